The standard InChI is InChI=1S/C18H20N4OS/c1-21(13-5-7-14(23-2)8-6-13)17-16-15(9-12-24-16)19-18(20-17)22-10-3-4-11-22/h5-9,12H,3-4,10-11H2,1-2H3. The van der Waals surface area contributed by atoms with Crippen molar-refractivity contribution in [3.05, 3.63) is 35.7 Å². The number of ether oxygens (including phenoxy) is 1. The van der Waals surface area contributed by atoms with Crippen molar-refractivity contribution in [2.45, 2.75) is 12.8 Å². The molecule has 0 radical (unpaired) electrons. The maximum atomic E-state index is 5.25. The first-order chi connectivity index (χ1) is 11.8. The van der Waals surface area contributed by atoms with Gasteiger partial charge in [0.1, 0.15) is 5.75 Å². The van der Waals surface area contributed by atoms with Crippen molar-refractivity contribution < 1.29 is 4.74 Å². The number of rotatable bonds is 4. The third-order valence-electron chi connectivity index (χ3n) is 4.44. The minimum Gasteiger partial charge on any atom is -0.497 e. The van der Waals surface area contributed by atoms with Crippen molar-refractivity contribution in [1.29, 1.82) is 0 Å². The maximum absolute atomic E-state index is 5.25. The Balaban J connectivity index is 1.77. The first-order valence-electron chi connectivity index (χ1n) is 8.14. The zero-order valence-corrected chi connectivity index (χ0v) is 14.7. The van der Waals surface area contributed by atoms with Crippen LogP contribution in [0.2, 0.25) is 0 Å². The van der Waals surface area contributed by atoms with Crippen LogP contribution in [0.3, 0.4) is 0 Å². The fraction of sp³-hybridized carbons (Fsp3) is 0.333. The minimum atomic E-state index is 0.841. The van der Waals surface area contributed by atoms with Crippen LogP contribution < -0.4 is 14.5 Å². The van der Waals surface area contributed by atoms with Gasteiger partial charge in [-0.2, -0.15) is 4.98 Å². The minimum absolute atomic E-state index is 0.841. The summed E-state index contributed by atoms with van der Waals surface area (Å²) in [7, 11) is 3.73. The van der Waals surface area contributed by atoms with E-state index in [0.717, 1.165) is 46.5 Å². The number of thiophene rings is 1. The second-order valence-corrected chi connectivity index (χ2v) is 6.85. The fourth-order valence-corrected chi connectivity index (χ4v) is 3.91. The second-order valence-electron chi connectivity index (χ2n) is 5.93. The van der Waals surface area contributed by atoms with Gasteiger partial charge in [0, 0.05) is 25.8 Å². The molecule has 24 heavy (non-hydrogen) atoms. The van der Waals surface area contributed by atoms with Gasteiger partial charge in [-0.1, -0.05) is 0 Å². The van der Waals surface area contributed by atoms with Gasteiger partial charge in [0.25, 0.3) is 0 Å². The molecule has 1 aliphatic rings. The topological polar surface area (TPSA) is 41.5 Å². The third kappa shape index (κ3) is 2.67. The Bertz CT molecular complexity index is 840. The summed E-state index contributed by atoms with van der Waals surface area (Å²) in [6.07, 6.45) is 2.43. The Morgan fingerprint density at radius 1 is 1.08 bits per heavy atom. The Morgan fingerprint density at radius 3 is 2.54 bits per heavy atom. The van der Waals surface area contributed by atoms with E-state index in [1.54, 1.807) is 18.4 Å². The van der Waals surface area contributed by atoms with Gasteiger partial charge in [0.2, 0.25) is 5.95 Å². The molecule has 1 saturated heterocycles. The molecule has 4 rings (SSSR count). The average molecular weight is 340 g/mol. The molecule has 0 unspecified atom stereocenters. The van der Waals surface area contributed by atoms with Crippen LogP contribution in [0.25, 0.3) is 10.2 Å². The number of hydrogen-bond acceptors (Lipinski definition) is 6. The molecular formula is C18H20N4OS. The number of hydrogen-bond donors (Lipinski definition) is 0. The molecule has 6 heteroatoms. The molecule has 3 heterocycles. The molecular weight excluding hydrogens is 320 g/mol. The van der Waals surface area contributed by atoms with Gasteiger partial charge in [-0.25, -0.2) is 4.98 Å². The van der Waals surface area contributed by atoms with Crippen molar-refractivity contribution in [1.82, 2.24) is 9.97 Å². The maximum Gasteiger partial charge on any atom is 0.227 e. The van der Waals surface area contributed by atoms with Crippen LogP contribution >= 0.6 is 11.3 Å². The predicted octanol–water partition coefficient (Wildman–Crippen LogP) is 4.07. The Labute approximate surface area is 145 Å². The zero-order valence-electron chi connectivity index (χ0n) is 13.9. The molecule has 0 bridgehead atoms. The molecule has 0 aliphatic carbocycles. The summed E-state index contributed by atoms with van der Waals surface area (Å²) < 4.78 is 6.37. The summed E-state index contributed by atoms with van der Waals surface area (Å²) in [4.78, 5) is 14.1. The molecule has 0 saturated carbocycles. The quantitative estimate of drug-likeness (QED) is 0.716. The van der Waals surface area contributed by atoms with Gasteiger partial charge in [-0.3, -0.25) is 0 Å². The van der Waals surface area contributed by atoms with E-state index < -0.39 is 0 Å². The summed E-state index contributed by atoms with van der Waals surface area (Å²) in [6, 6.07) is 10.1. The monoisotopic (exact) mass is 340 g/mol. The van der Waals surface area contributed by atoms with Crippen LogP contribution in [-0.2, 0) is 0 Å². The third-order valence-corrected chi connectivity index (χ3v) is 5.34. The van der Waals surface area contributed by atoms with Crippen molar-refractivity contribution >= 4 is 39.0 Å². The number of nitrogens with zero attached hydrogens (tertiary/aromatic N) is 4. The Morgan fingerprint density at radius 2 is 1.83 bits per heavy atom. The zero-order chi connectivity index (χ0) is 16.5. The van der Waals surface area contributed by atoms with E-state index in [0.29, 0.717) is 0 Å². The normalized spacial score (nSPS) is 14.3. The number of benzene rings is 1. The van der Waals surface area contributed by atoms with E-state index in [9.17, 15) is 0 Å². The van der Waals surface area contributed by atoms with Crippen LogP contribution in [0.15, 0.2) is 35.7 Å². The van der Waals surface area contributed by atoms with E-state index in [2.05, 4.69) is 40.4 Å². The molecule has 3 aromatic rings. The summed E-state index contributed by atoms with van der Waals surface area (Å²) in [5, 5.41) is 2.08. The van der Waals surface area contributed by atoms with Gasteiger partial charge < -0.3 is 14.5 Å². The van der Waals surface area contributed by atoms with E-state index in [1.807, 2.05) is 12.1 Å². The van der Waals surface area contributed by atoms with Gasteiger partial charge in [-0.05, 0) is 48.6 Å². The molecule has 0 N–H and O–H groups in total. The first kappa shape index (κ1) is 15.2. The van der Waals surface area contributed by atoms with Crippen LogP contribution in [0.4, 0.5) is 17.5 Å². The predicted molar refractivity (Wildman–Crippen MR) is 99.9 cm³/mol. The highest BCUT2D eigenvalue weighted by Crippen LogP contribution is 2.34. The molecule has 5 nitrogen and oxygen atoms in total. The first-order valence-corrected chi connectivity index (χ1v) is 9.02. The smallest absolute Gasteiger partial charge is 0.227 e. The lowest BCUT2D eigenvalue weighted by Gasteiger charge is -2.22. The second kappa shape index (κ2) is 6.28. The van der Waals surface area contributed by atoms with Crippen molar-refractivity contribution in [2.75, 3.05) is 37.0 Å². The highest BCUT2D eigenvalue weighted by atomic mass is 32.1. The van der Waals surface area contributed by atoms with Gasteiger partial charge in [0.15, 0.2) is 5.82 Å². The van der Waals surface area contributed by atoms with Gasteiger partial charge in [-0.15, -0.1) is 11.3 Å². The lowest BCUT2D eigenvalue weighted by molar-refractivity contribution is 0.415. The molecule has 1 fully saturated rings. The van der Waals surface area contributed by atoms with Crippen LogP contribution in [0.5, 0.6) is 5.75 Å². The highest BCUT2D eigenvalue weighted by Gasteiger charge is 2.20. The average Bonchev–Trinajstić information content (AvgIpc) is 3.31. The molecule has 1 aliphatic heterocycles. The molecule has 0 amide bonds. The summed E-state index contributed by atoms with van der Waals surface area (Å²) in [6.45, 7) is 2.09. The van der Waals surface area contributed by atoms with Crippen molar-refractivity contribution in [3.8, 4) is 5.75 Å². The van der Waals surface area contributed by atoms with Crippen LogP contribution in [-0.4, -0.2) is 37.2 Å². The Hall–Kier alpha value is -2.34. The lowest BCUT2D eigenvalue weighted by atomic mass is 10.2. The van der Waals surface area contributed by atoms with Gasteiger partial charge >= 0.3 is 0 Å². The molecule has 124 valence electrons. The molecule has 0 spiro atoms. The van der Waals surface area contributed by atoms with E-state index >= 15 is 0 Å². The highest BCUT2D eigenvalue weighted by molar-refractivity contribution is 7.17. The molecule has 0 atom stereocenters. The van der Waals surface area contributed by atoms with E-state index in [4.69, 9.17) is 14.7 Å². The number of fused-ring (bicyclic) bond motifs is 1. The van der Waals surface area contributed by atoms with Crippen LogP contribution in [0.1, 0.15) is 12.8 Å². The summed E-state index contributed by atoms with van der Waals surface area (Å²) in [5.74, 6) is 2.66. The molecule has 1 aromatic carbocycles. The number of methoxy groups -OCH3 is 1. The largest absolute Gasteiger partial charge is 0.497 e. The number of anilines is 3. The van der Waals surface area contributed by atoms with E-state index in [-0.39, 0.29) is 0 Å². The lowest BCUT2D eigenvalue weighted by Crippen LogP contribution is -2.22. The van der Waals surface area contributed by atoms with Crippen molar-refractivity contribution in [3.63, 3.8) is 0 Å². The summed E-state index contributed by atoms with van der Waals surface area (Å²) >= 11 is 1.69. The molecule has 2 aromatic heterocycles. The van der Waals surface area contributed by atoms with E-state index in [1.165, 1.54) is 12.8 Å². The summed E-state index contributed by atoms with van der Waals surface area (Å²) in [5.41, 5.74) is 2.10. The van der Waals surface area contributed by atoms with Gasteiger partial charge in [0.05, 0.1) is 17.3 Å². The van der Waals surface area contributed by atoms with Crippen LogP contribution in [0, 0.1) is 0 Å². The SMILES string of the molecule is COc1ccc(N(C)c2nc(N3CCCC3)nc3ccsc23)cc1. The Kier molecular flexibility index (Phi) is 3.98. The number of aromatic nitrogens is 2. The fourth-order valence-electron chi connectivity index (χ4n) is 3.05. The van der Waals surface area contributed by atoms with Crippen molar-refractivity contribution in [2.24, 2.45) is 0 Å².